The van der Waals surface area contributed by atoms with Gasteiger partial charge in [0.1, 0.15) is 5.75 Å². The van der Waals surface area contributed by atoms with Crippen molar-refractivity contribution in [3.63, 3.8) is 0 Å². The minimum atomic E-state index is 0.128. The van der Waals surface area contributed by atoms with E-state index in [-0.39, 0.29) is 5.54 Å². The zero-order valence-corrected chi connectivity index (χ0v) is 14.7. The normalized spacial score (nSPS) is 17.0. The number of benzene rings is 1. The van der Waals surface area contributed by atoms with Gasteiger partial charge >= 0.3 is 0 Å². The summed E-state index contributed by atoms with van der Waals surface area (Å²) in [5.41, 5.74) is 1.30. The van der Waals surface area contributed by atoms with Gasteiger partial charge in [0.05, 0.1) is 20.3 Å². The van der Waals surface area contributed by atoms with Crippen LogP contribution in [0.4, 0.5) is 0 Å². The molecule has 0 unspecified atom stereocenters. The number of ether oxygens (including phenoxy) is 2. The molecule has 0 saturated carbocycles. The van der Waals surface area contributed by atoms with Crippen molar-refractivity contribution in [2.45, 2.75) is 25.9 Å². The molecule has 118 valence electrons. The second kappa shape index (κ2) is 7.58. The smallest absolute Gasteiger partial charge is 0.123 e. The number of nitrogens with one attached hydrogen (secondary N) is 1. The summed E-state index contributed by atoms with van der Waals surface area (Å²) in [6.45, 7) is 9.99. The lowest BCUT2D eigenvalue weighted by molar-refractivity contribution is -0.00967. The molecule has 1 aliphatic heterocycles. The van der Waals surface area contributed by atoms with Crippen molar-refractivity contribution in [2.24, 2.45) is 0 Å². The molecular formula is C16H25BrN2O2. The summed E-state index contributed by atoms with van der Waals surface area (Å²) in [7, 11) is 1.71. The Kier molecular flexibility index (Phi) is 6.05. The van der Waals surface area contributed by atoms with E-state index < -0.39 is 0 Å². The largest absolute Gasteiger partial charge is 0.496 e. The molecule has 0 radical (unpaired) electrons. The maximum Gasteiger partial charge on any atom is 0.123 e. The molecule has 1 aromatic rings. The summed E-state index contributed by atoms with van der Waals surface area (Å²) < 4.78 is 11.9. The van der Waals surface area contributed by atoms with Crippen LogP contribution in [0, 0.1) is 0 Å². The molecular weight excluding hydrogens is 332 g/mol. The fraction of sp³-hybridized carbons (Fsp3) is 0.625. The molecule has 1 aromatic carbocycles. The highest BCUT2D eigenvalue weighted by Crippen LogP contribution is 2.23. The van der Waals surface area contributed by atoms with Gasteiger partial charge in [0.15, 0.2) is 0 Å². The van der Waals surface area contributed by atoms with Crippen LogP contribution < -0.4 is 10.1 Å². The van der Waals surface area contributed by atoms with Gasteiger partial charge in [-0.15, -0.1) is 0 Å². The van der Waals surface area contributed by atoms with E-state index in [1.54, 1.807) is 7.11 Å². The number of methoxy groups -OCH3 is 1. The van der Waals surface area contributed by atoms with Crippen LogP contribution >= 0.6 is 15.9 Å². The monoisotopic (exact) mass is 356 g/mol. The van der Waals surface area contributed by atoms with E-state index in [0.717, 1.165) is 49.6 Å². The quantitative estimate of drug-likeness (QED) is 0.849. The third-order valence-electron chi connectivity index (χ3n) is 3.98. The van der Waals surface area contributed by atoms with Gasteiger partial charge in [-0.1, -0.05) is 15.9 Å². The highest BCUT2D eigenvalue weighted by Gasteiger charge is 2.27. The molecule has 1 saturated heterocycles. The highest BCUT2D eigenvalue weighted by molar-refractivity contribution is 9.10. The Hall–Kier alpha value is -0.620. The SMILES string of the molecule is COc1ccc(Br)cc1CNCC(C)(C)N1CCOCC1. The lowest BCUT2D eigenvalue weighted by Crippen LogP contribution is -2.54. The number of hydrogen-bond acceptors (Lipinski definition) is 4. The third-order valence-corrected chi connectivity index (χ3v) is 4.48. The molecule has 1 heterocycles. The van der Waals surface area contributed by atoms with Crippen LogP contribution in [0.1, 0.15) is 19.4 Å². The Bertz CT molecular complexity index is 460. The minimum Gasteiger partial charge on any atom is -0.496 e. The van der Waals surface area contributed by atoms with Gasteiger partial charge < -0.3 is 14.8 Å². The van der Waals surface area contributed by atoms with Gasteiger partial charge in [0, 0.05) is 41.8 Å². The first-order chi connectivity index (χ1) is 10.0. The number of morpholine rings is 1. The Morgan fingerprint density at radius 2 is 2.05 bits per heavy atom. The van der Waals surface area contributed by atoms with E-state index in [1.165, 1.54) is 5.56 Å². The number of halogens is 1. The molecule has 0 aliphatic carbocycles. The summed E-state index contributed by atoms with van der Waals surface area (Å²) in [6, 6.07) is 6.10. The van der Waals surface area contributed by atoms with Crippen LogP contribution in [0.3, 0.4) is 0 Å². The van der Waals surface area contributed by atoms with Gasteiger partial charge in [-0.3, -0.25) is 4.90 Å². The van der Waals surface area contributed by atoms with E-state index in [2.05, 4.69) is 46.1 Å². The lowest BCUT2D eigenvalue weighted by Gasteiger charge is -2.41. The molecule has 0 amide bonds. The average molecular weight is 357 g/mol. The van der Waals surface area contributed by atoms with Crippen molar-refractivity contribution >= 4 is 15.9 Å². The van der Waals surface area contributed by atoms with Crippen LogP contribution in [0.15, 0.2) is 22.7 Å². The predicted octanol–water partition coefficient (Wildman–Crippen LogP) is 2.66. The average Bonchev–Trinajstić information content (AvgIpc) is 2.48. The molecule has 5 heteroatoms. The summed E-state index contributed by atoms with van der Waals surface area (Å²) >= 11 is 3.51. The maximum absolute atomic E-state index is 5.43. The van der Waals surface area contributed by atoms with Crippen molar-refractivity contribution < 1.29 is 9.47 Å². The number of hydrogen-bond donors (Lipinski definition) is 1. The molecule has 1 fully saturated rings. The number of nitrogens with zero attached hydrogens (tertiary/aromatic N) is 1. The third kappa shape index (κ3) is 4.68. The Morgan fingerprint density at radius 3 is 2.71 bits per heavy atom. The van der Waals surface area contributed by atoms with Gasteiger partial charge in [-0.05, 0) is 32.0 Å². The number of rotatable bonds is 6. The van der Waals surface area contributed by atoms with E-state index in [4.69, 9.17) is 9.47 Å². The molecule has 4 nitrogen and oxygen atoms in total. The highest BCUT2D eigenvalue weighted by atomic mass is 79.9. The Balaban J connectivity index is 1.89. The fourth-order valence-electron chi connectivity index (χ4n) is 2.67. The first kappa shape index (κ1) is 16.7. The molecule has 0 bridgehead atoms. The summed E-state index contributed by atoms with van der Waals surface area (Å²) in [4.78, 5) is 2.49. The van der Waals surface area contributed by atoms with Crippen molar-refractivity contribution in [2.75, 3.05) is 40.0 Å². The van der Waals surface area contributed by atoms with Crippen molar-refractivity contribution in [3.05, 3.63) is 28.2 Å². The van der Waals surface area contributed by atoms with Crippen molar-refractivity contribution in [1.82, 2.24) is 10.2 Å². The topological polar surface area (TPSA) is 33.7 Å². The molecule has 0 spiro atoms. The Morgan fingerprint density at radius 1 is 1.33 bits per heavy atom. The molecule has 2 rings (SSSR count). The summed E-state index contributed by atoms with van der Waals surface area (Å²) in [5, 5.41) is 3.56. The van der Waals surface area contributed by atoms with E-state index >= 15 is 0 Å². The van der Waals surface area contributed by atoms with E-state index in [1.807, 2.05) is 12.1 Å². The van der Waals surface area contributed by atoms with Gasteiger partial charge in [-0.2, -0.15) is 0 Å². The van der Waals surface area contributed by atoms with E-state index in [9.17, 15) is 0 Å². The van der Waals surface area contributed by atoms with Gasteiger partial charge in [0.2, 0.25) is 0 Å². The van der Waals surface area contributed by atoms with E-state index in [0.29, 0.717) is 0 Å². The first-order valence-corrected chi connectivity index (χ1v) is 8.18. The van der Waals surface area contributed by atoms with Crippen LogP contribution in [0.5, 0.6) is 5.75 Å². The van der Waals surface area contributed by atoms with Crippen LogP contribution in [0.25, 0.3) is 0 Å². The fourth-order valence-corrected chi connectivity index (χ4v) is 3.08. The minimum absolute atomic E-state index is 0.128. The van der Waals surface area contributed by atoms with Crippen LogP contribution in [0.2, 0.25) is 0 Å². The van der Waals surface area contributed by atoms with Crippen molar-refractivity contribution in [1.29, 1.82) is 0 Å². The molecule has 21 heavy (non-hydrogen) atoms. The van der Waals surface area contributed by atoms with Gasteiger partial charge in [-0.25, -0.2) is 0 Å². The maximum atomic E-state index is 5.43. The summed E-state index contributed by atoms with van der Waals surface area (Å²) in [5.74, 6) is 0.926. The second-order valence-electron chi connectivity index (χ2n) is 5.97. The van der Waals surface area contributed by atoms with Crippen molar-refractivity contribution in [3.8, 4) is 5.75 Å². The molecule has 0 aromatic heterocycles. The lowest BCUT2D eigenvalue weighted by atomic mass is 10.0. The molecule has 1 N–H and O–H groups in total. The summed E-state index contributed by atoms with van der Waals surface area (Å²) in [6.07, 6.45) is 0. The van der Waals surface area contributed by atoms with Crippen LogP contribution in [-0.4, -0.2) is 50.4 Å². The first-order valence-electron chi connectivity index (χ1n) is 7.39. The van der Waals surface area contributed by atoms with Gasteiger partial charge in [0.25, 0.3) is 0 Å². The molecule has 1 aliphatic rings. The molecule has 0 atom stereocenters. The van der Waals surface area contributed by atoms with Crippen LogP contribution in [-0.2, 0) is 11.3 Å². The predicted molar refractivity (Wildman–Crippen MR) is 88.9 cm³/mol. The zero-order chi connectivity index (χ0) is 15.3. The zero-order valence-electron chi connectivity index (χ0n) is 13.1. The Labute approximate surface area is 135 Å². The second-order valence-corrected chi connectivity index (χ2v) is 6.89. The standard InChI is InChI=1S/C16H25BrN2O2/c1-16(2,19-6-8-21-9-7-19)12-18-11-13-10-14(17)4-5-15(13)20-3/h4-5,10,18H,6-9,11-12H2,1-3H3.